The Morgan fingerprint density at radius 3 is 2.62 bits per heavy atom. The van der Waals surface area contributed by atoms with Gasteiger partial charge in [-0.25, -0.2) is 0 Å². The largest absolute Gasteiger partial charge is 0.393 e. The van der Waals surface area contributed by atoms with E-state index in [1.807, 2.05) is 0 Å². The first-order valence-corrected chi connectivity index (χ1v) is 10.3. The number of Topliss-reactive ketones (excluding diaryl/α,β-unsaturated/α-hetero) is 1. The van der Waals surface area contributed by atoms with E-state index in [1.54, 1.807) is 0 Å². The SMILES string of the molecule is CC12CCC3C(C1[C@@H]1C[C@@H]1C2=O)[C@H]1C[C@H]1C1(O)C[C@@H](O)CCC31C. The molecule has 0 radical (unpaired) electrons. The van der Waals surface area contributed by atoms with Crippen molar-refractivity contribution in [2.75, 3.05) is 0 Å². The molecule has 0 aromatic rings. The van der Waals surface area contributed by atoms with Crippen LogP contribution in [0.15, 0.2) is 0 Å². The number of fused-ring (bicyclic) bond motifs is 10. The molecule has 0 spiro atoms. The van der Waals surface area contributed by atoms with Crippen LogP contribution < -0.4 is 0 Å². The van der Waals surface area contributed by atoms with E-state index in [9.17, 15) is 15.0 Å². The Hall–Kier alpha value is -0.410. The highest BCUT2D eigenvalue weighted by Crippen LogP contribution is 2.78. The van der Waals surface area contributed by atoms with Gasteiger partial charge in [0.1, 0.15) is 5.78 Å². The van der Waals surface area contributed by atoms with Crippen molar-refractivity contribution in [1.82, 2.24) is 0 Å². The molecule has 0 amide bonds. The molecule has 0 aliphatic heterocycles. The Kier molecular flexibility index (Phi) is 2.43. The van der Waals surface area contributed by atoms with Crippen molar-refractivity contribution in [3.8, 4) is 0 Å². The summed E-state index contributed by atoms with van der Waals surface area (Å²) in [5.74, 6) is 4.46. The Labute approximate surface area is 144 Å². The fourth-order valence-electron chi connectivity index (χ4n) is 8.83. The molecule has 11 atom stereocenters. The van der Waals surface area contributed by atoms with Crippen LogP contribution in [0.3, 0.4) is 0 Å². The van der Waals surface area contributed by atoms with Gasteiger partial charge in [-0.05, 0) is 79.4 Å². The number of ketones is 1. The van der Waals surface area contributed by atoms with Gasteiger partial charge in [-0.2, -0.15) is 0 Å². The van der Waals surface area contributed by atoms with Gasteiger partial charge in [-0.3, -0.25) is 4.79 Å². The van der Waals surface area contributed by atoms with Gasteiger partial charge in [0.15, 0.2) is 0 Å². The molecule has 2 N–H and O–H groups in total. The molecule has 0 bridgehead atoms. The predicted octanol–water partition coefficient (Wildman–Crippen LogP) is 2.79. The summed E-state index contributed by atoms with van der Waals surface area (Å²) >= 11 is 0. The lowest BCUT2D eigenvalue weighted by atomic mass is 9.43. The molecular weight excluding hydrogens is 300 g/mol. The summed E-state index contributed by atoms with van der Waals surface area (Å²) in [5, 5.41) is 21.9. The van der Waals surface area contributed by atoms with Crippen molar-refractivity contribution in [3.05, 3.63) is 0 Å². The molecular formula is C21H30O3. The minimum Gasteiger partial charge on any atom is -0.393 e. The Balaban J connectivity index is 1.45. The molecule has 24 heavy (non-hydrogen) atoms. The fourth-order valence-corrected chi connectivity index (χ4v) is 8.83. The molecule has 6 aliphatic rings. The standard InChI is InChI=1S/C21H30O3/c1-19-5-4-14-16(17(19)11-7-12(11)18(19)23)13-8-15(13)21(24)9-10(22)3-6-20(14,21)2/h10-17,22,24H,3-9H2,1-2H3/t10-,11+,12-,13-,14?,15+,16?,17?,19?,20?,21?/m0/s1. The van der Waals surface area contributed by atoms with Crippen molar-refractivity contribution in [2.45, 2.75) is 70.5 Å². The maximum Gasteiger partial charge on any atom is 0.142 e. The van der Waals surface area contributed by atoms with E-state index in [2.05, 4.69) is 13.8 Å². The summed E-state index contributed by atoms with van der Waals surface area (Å²) in [6, 6.07) is 0. The van der Waals surface area contributed by atoms with E-state index in [1.165, 1.54) is 0 Å². The number of hydrogen-bond acceptors (Lipinski definition) is 3. The molecule has 0 aromatic carbocycles. The minimum atomic E-state index is -0.657. The summed E-state index contributed by atoms with van der Waals surface area (Å²) in [7, 11) is 0. The van der Waals surface area contributed by atoms with E-state index in [-0.39, 0.29) is 16.9 Å². The number of hydrogen-bond donors (Lipinski definition) is 2. The lowest BCUT2D eigenvalue weighted by molar-refractivity contribution is -0.225. The summed E-state index contributed by atoms with van der Waals surface area (Å²) in [6.07, 6.45) is 6.50. The number of carbonyl (C=O) groups is 1. The highest BCUT2D eigenvalue weighted by atomic mass is 16.3. The number of rotatable bonds is 0. The van der Waals surface area contributed by atoms with Crippen LogP contribution in [0.2, 0.25) is 0 Å². The highest BCUT2D eigenvalue weighted by molar-refractivity contribution is 5.92. The van der Waals surface area contributed by atoms with Crippen LogP contribution in [0, 0.1) is 52.3 Å². The van der Waals surface area contributed by atoms with Gasteiger partial charge in [-0.15, -0.1) is 0 Å². The van der Waals surface area contributed by atoms with Crippen LogP contribution in [-0.4, -0.2) is 27.7 Å². The zero-order chi connectivity index (χ0) is 16.6. The first-order chi connectivity index (χ1) is 11.3. The van der Waals surface area contributed by atoms with E-state index in [0.29, 0.717) is 53.6 Å². The smallest absolute Gasteiger partial charge is 0.142 e. The number of aliphatic hydroxyl groups is 2. The molecule has 6 fully saturated rings. The predicted molar refractivity (Wildman–Crippen MR) is 88.9 cm³/mol. The van der Waals surface area contributed by atoms with E-state index in [4.69, 9.17) is 0 Å². The Bertz CT molecular complexity index is 645. The second-order valence-corrected chi connectivity index (χ2v) is 10.8. The molecule has 0 saturated heterocycles. The molecule has 6 aliphatic carbocycles. The third-order valence-electron chi connectivity index (χ3n) is 10.1. The van der Waals surface area contributed by atoms with E-state index >= 15 is 0 Å². The maximum atomic E-state index is 12.9. The molecule has 6 rings (SSSR count). The lowest BCUT2D eigenvalue weighted by Crippen LogP contribution is -2.64. The summed E-state index contributed by atoms with van der Waals surface area (Å²) in [4.78, 5) is 12.9. The fraction of sp³-hybridized carbons (Fsp3) is 0.952. The van der Waals surface area contributed by atoms with Crippen LogP contribution in [0.4, 0.5) is 0 Å². The third-order valence-corrected chi connectivity index (χ3v) is 10.1. The van der Waals surface area contributed by atoms with Crippen molar-refractivity contribution in [2.24, 2.45) is 52.3 Å². The molecule has 0 aromatic heterocycles. The average Bonchev–Trinajstić information content (AvgIpc) is 3.41. The number of aliphatic hydroxyl groups excluding tert-OH is 1. The highest BCUT2D eigenvalue weighted by Gasteiger charge is 2.78. The van der Waals surface area contributed by atoms with Crippen LogP contribution in [-0.2, 0) is 4.79 Å². The van der Waals surface area contributed by atoms with Crippen LogP contribution in [0.5, 0.6) is 0 Å². The maximum absolute atomic E-state index is 12.9. The second-order valence-electron chi connectivity index (χ2n) is 10.8. The molecule has 6 saturated carbocycles. The second kappa shape index (κ2) is 3.96. The van der Waals surface area contributed by atoms with Gasteiger partial charge in [0, 0.05) is 17.8 Å². The molecule has 3 heteroatoms. The zero-order valence-corrected chi connectivity index (χ0v) is 14.9. The van der Waals surface area contributed by atoms with Crippen molar-refractivity contribution < 1.29 is 15.0 Å². The van der Waals surface area contributed by atoms with Gasteiger partial charge < -0.3 is 10.2 Å². The van der Waals surface area contributed by atoms with Gasteiger partial charge in [0.25, 0.3) is 0 Å². The monoisotopic (exact) mass is 330 g/mol. The molecule has 6 unspecified atom stereocenters. The Morgan fingerprint density at radius 2 is 1.83 bits per heavy atom. The van der Waals surface area contributed by atoms with E-state index in [0.717, 1.165) is 38.5 Å². The van der Waals surface area contributed by atoms with Crippen molar-refractivity contribution >= 4 is 5.78 Å². The van der Waals surface area contributed by atoms with E-state index < -0.39 is 5.60 Å². The molecule has 0 heterocycles. The third kappa shape index (κ3) is 1.37. The molecule has 3 nitrogen and oxygen atoms in total. The van der Waals surface area contributed by atoms with Gasteiger partial charge >= 0.3 is 0 Å². The van der Waals surface area contributed by atoms with Gasteiger partial charge in [-0.1, -0.05) is 13.8 Å². The van der Waals surface area contributed by atoms with Gasteiger partial charge in [0.05, 0.1) is 11.7 Å². The summed E-state index contributed by atoms with van der Waals surface area (Å²) in [6.45, 7) is 4.60. The van der Waals surface area contributed by atoms with Crippen LogP contribution in [0.25, 0.3) is 0 Å². The first kappa shape index (κ1) is 14.7. The zero-order valence-electron chi connectivity index (χ0n) is 14.9. The quantitative estimate of drug-likeness (QED) is 0.718. The topological polar surface area (TPSA) is 57.5 Å². The molecule has 132 valence electrons. The average molecular weight is 330 g/mol. The number of carbonyl (C=O) groups excluding carboxylic acids is 1. The minimum absolute atomic E-state index is 0.0497. The van der Waals surface area contributed by atoms with Crippen LogP contribution >= 0.6 is 0 Å². The normalized spacial score (nSPS) is 69.1. The summed E-state index contributed by atoms with van der Waals surface area (Å²) < 4.78 is 0. The van der Waals surface area contributed by atoms with Gasteiger partial charge in [0.2, 0.25) is 0 Å². The van der Waals surface area contributed by atoms with Crippen molar-refractivity contribution in [3.63, 3.8) is 0 Å². The lowest BCUT2D eigenvalue weighted by Gasteiger charge is -2.63. The van der Waals surface area contributed by atoms with Crippen molar-refractivity contribution in [1.29, 1.82) is 0 Å². The van der Waals surface area contributed by atoms with Crippen LogP contribution in [0.1, 0.15) is 58.8 Å². The summed E-state index contributed by atoms with van der Waals surface area (Å²) in [5.41, 5.74) is -0.760. The Morgan fingerprint density at radius 1 is 1.04 bits per heavy atom. The first-order valence-electron chi connectivity index (χ1n) is 10.3.